The molecule has 0 heterocycles. The van der Waals surface area contributed by atoms with Crippen LogP contribution in [-0.2, 0) is 0 Å². The summed E-state index contributed by atoms with van der Waals surface area (Å²) in [6, 6.07) is 0. The van der Waals surface area contributed by atoms with Gasteiger partial charge in [-0.1, -0.05) is 38.2 Å². The quantitative estimate of drug-likeness (QED) is 0.504. The van der Waals surface area contributed by atoms with Gasteiger partial charge in [0.2, 0.25) is 0 Å². The first-order chi connectivity index (χ1) is 4.41. The lowest BCUT2D eigenvalue weighted by Crippen LogP contribution is -1.59. The van der Waals surface area contributed by atoms with Gasteiger partial charge in [0.05, 0.1) is 0 Å². The Labute approximate surface area is 58.3 Å². The van der Waals surface area contributed by atoms with Crippen molar-refractivity contribution < 1.29 is 0 Å². The molecule has 0 aromatic carbocycles. The Balaban J connectivity index is 3.13. The largest absolute Gasteiger partial charge is 0.0848 e. The van der Waals surface area contributed by atoms with Gasteiger partial charge in [0.15, 0.2) is 0 Å². The summed E-state index contributed by atoms with van der Waals surface area (Å²) in [5.41, 5.74) is 0. The molecule has 0 nitrogen and oxygen atoms in total. The van der Waals surface area contributed by atoms with Crippen molar-refractivity contribution in [2.45, 2.75) is 26.2 Å². The van der Waals surface area contributed by atoms with Crippen molar-refractivity contribution in [1.82, 2.24) is 0 Å². The minimum atomic E-state index is 0.996. The van der Waals surface area contributed by atoms with E-state index in [1.807, 2.05) is 0 Å². The van der Waals surface area contributed by atoms with Gasteiger partial charge in [0.1, 0.15) is 0 Å². The van der Waals surface area contributed by atoms with Crippen LogP contribution in [0.15, 0.2) is 24.3 Å². The first-order valence-electron chi connectivity index (χ1n) is 3.52. The molecule has 1 radical (unpaired) electrons. The molecule has 0 unspecified atom stereocenters. The van der Waals surface area contributed by atoms with Crippen LogP contribution in [0.3, 0.4) is 0 Å². The maximum atomic E-state index is 3.73. The van der Waals surface area contributed by atoms with E-state index < -0.39 is 0 Å². The van der Waals surface area contributed by atoms with Crippen molar-refractivity contribution in [3.05, 3.63) is 31.2 Å². The summed E-state index contributed by atoms with van der Waals surface area (Å²) >= 11 is 0. The average molecular weight is 123 g/mol. The molecule has 0 spiro atoms. The molecular formula is C9H15. The molecule has 0 N–H and O–H groups in total. The zero-order chi connectivity index (χ0) is 6.95. The molecule has 0 rings (SSSR count). The first kappa shape index (κ1) is 8.48. The molecule has 51 valence electrons. The fraction of sp³-hybridized carbons (Fsp3) is 0.444. The van der Waals surface area contributed by atoms with Crippen LogP contribution in [-0.4, -0.2) is 0 Å². The lowest BCUT2D eigenvalue weighted by Gasteiger charge is -1.79. The Kier molecular flexibility index (Phi) is 7.05. The Morgan fingerprint density at radius 1 is 1.22 bits per heavy atom. The van der Waals surface area contributed by atoms with Crippen molar-refractivity contribution in [2.75, 3.05) is 0 Å². The van der Waals surface area contributed by atoms with Crippen LogP contribution in [0.1, 0.15) is 26.2 Å². The van der Waals surface area contributed by atoms with Crippen LogP contribution in [0.4, 0.5) is 0 Å². The van der Waals surface area contributed by atoms with E-state index in [-0.39, 0.29) is 0 Å². The molecule has 0 aromatic heterocycles. The van der Waals surface area contributed by atoms with Gasteiger partial charge in [0.25, 0.3) is 0 Å². The molecule has 0 aromatic rings. The second-order valence-corrected chi connectivity index (χ2v) is 1.91. The third-order valence-corrected chi connectivity index (χ3v) is 0.990. The number of unbranched alkanes of at least 4 members (excludes halogenated alkanes) is 1. The van der Waals surface area contributed by atoms with Gasteiger partial charge in [-0.05, 0) is 19.3 Å². The Morgan fingerprint density at radius 3 is 2.44 bits per heavy atom. The highest BCUT2D eigenvalue weighted by molar-refractivity contribution is 5.01. The molecule has 0 heteroatoms. The lowest BCUT2D eigenvalue weighted by molar-refractivity contribution is 1.05. The standard InChI is InChI=1S/C9H15/c1-3-5-7-9-8-6-4-2/h6-9H,1,3-5H2,2H3. The maximum absolute atomic E-state index is 3.73. The minimum Gasteiger partial charge on any atom is -0.0848 e. The summed E-state index contributed by atoms with van der Waals surface area (Å²) in [5, 5.41) is 0. The SMILES string of the molecule is [CH2]CCC=CC=CCC. The first-order valence-corrected chi connectivity index (χ1v) is 3.52. The van der Waals surface area contributed by atoms with Gasteiger partial charge in [-0.15, -0.1) is 0 Å². The van der Waals surface area contributed by atoms with Gasteiger partial charge >= 0.3 is 0 Å². The summed E-state index contributed by atoms with van der Waals surface area (Å²) in [7, 11) is 0. The van der Waals surface area contributed by atoms with E-state index in [0.717, 1.165) is 19.3 Å². The van der Waals surface area contributed by atoms with Gasteiger partial charge in [-0.3, -0.25) is 0 Å². The predicted octanol–water partition coefficient (Wildman–Crippen LogP) is 3.12. The van der Waals surface area contributed by atoms with Crippen LogP contribution < -0.4 is 0 Å². The third kappa shape index (κ3) is 7.48. The van der Waals surface area contributed by atoms with Crippen molar-refractivity contribution in [3.8, 4) is 0 Å². The van der Waals surface area contributed by atoms with E-state index in [2.05, 4.69) is 38.2 Å². The Bertz CT molecular complexity index is 88.2. The monoisotopic (exact) mass is 123 g/mol. The van der Waals surface area contributed by atoms with Crippen LogP contribution in [0.25, 0.3) is 0 Å². The number of allylic oxidation sites excluding steroid dienone is 4. The van der Waals surface area contributed by atoms with E-state index in [1.165, 1.54) is 0 Å². The lowest BCUT2D eigenvalue weighted by atomic mass is 10.3. The molecule has 0 atom stereocenters. The molecular weight excluding hydrogens is 108 g/mol. The van der Waals surface area contributed by atoms with Crippen LogP contribution in [0.5, 0.6) is 0 Å². The summed E-state index contributed by atoms with van der Waals surface area (Å²) in [4.78, 5) is 0. The molecule has 0 saturated carbocycles. The molecule has 0 aliphatic rings. The van der Waals surface area contributed by atoms with Crippen LogP contribution in [0, 0.1) is 6.92 Å². The van der Waals surface area contributed by atoms with Crippen molar-refractivity contribution in [3.63, 3.8) is 0 Å². The van der Waals surface area contributed by atoms with Gasteiger partial charge < -0.3 is 0 Å². The molecule has 0 aliphatic carbocycles. The Hall–Kier alpha value is -0.520. The normalized spacial score (nSPS) is 11.8. The molecule has 0 fully saturated rings. The van der Waals surface area contributed by atoms with E-state index in [1.54, 1.807) is 0 Å². The zero-order valence-electron chi connectivity index (χ0n) is 6.14. The van der Waals surface area contributed by atoms with Gasteiger partial charge in [-0.25, -0.2) is 0 Å². The molecule has 9 heavy (non-hydrogen) atoms. The molecule has 0 saturated heterocycles. The highest BCUT2D eigenvalue weighted by Crippen LogP contribution is 1.88. The van der Waals surface area contributed by atoms with Crippen LogP contribution in [0.2, 0.25) is 0 Å². The second-order valence-electron chi connectivity index (χ2n) is 1.91. The molecule has 0 aliphatic heterocycles. The smallest absolute Gasteiger partial charge is 0.0348 e. The minimum absolute atomic E-state index is 0.996. The fourth-order valence-electron chi connectivity index (χ4n) is 0.507. The topological polar surface area (TPSA) is 0 Å². The summed E-state index contributed by atoms with van der Waals surface area (Å²) in [6.45, 7) is 5.86. The van der Waals surface area contributed by atoms with E-state index >= 15 is 0 Å². The van der Waals surface area contributed by atoms with Crippen LogP contribution >= 0.6 is 0 Å². The van der Waals surface area contributed by atoms with Crippen molar-refractivity contribution in [1.29, 1.82) is 0 Å². The number of hydrogen-bond donors (Lipinski definition) is 0. The molecule has 0 amide bonds. The Morgan fingerprint density at radius 2 is 1.89 bits per heavy atom. The van der Waals surface area contributed by atoms with Gasteiger partial charge in [0, 0.05) is 0 Å². The number of rotatable bonds is 4. The number of hydrogen-bond acceptors (Lipinski definition) is 0. The molecule has 0 bridgehead atoms. The van der Waals surface area contributed by atoms with Crippen molar-refractivity contribution in [2.24, 2.45) is 0 Å². The second kappa shape index (κ2) is 7.48. The highest BCUT2D eigenvalue weighted by atomic mass is 13.7. The zero-order valence-corrected chi connectivity index (χ0v) is 6.14. The van der Waals surface area contributed by atoms with Crippen molar-refractivity contribution >= 4 is 0 Å². The summed E-state index contributed by atoms with van der Waals surface area (Å²) in [5.74, 6) is 0. The summed E-state index contributed by atoms with van der Waals surface area (Å²) in [6.07, 6.45) is 11.6. The van der Waals surface area contributed by atoms with E-state index in [9.17, 15) is 0 Å². The predicted molar refractivity (Wildman–Crippen MR) is 43.2 cm³/mol. The van der Waals surface area contributed by atoms with E-state index in [0.29, 0.717) is 0 Å². The fourth-order valence-corrected chi connectivity index (χ4v) is 0.507. The van der Waals surface area contributed by atoms with Gasteiger partial charge in [-0.2, -0.15) is 0 Å². The highest BCUT2D eigenvalue weighted by Gasteiger charge is 1.68. The average Bonchev–Trinajstić information content (AvgIpc) is 1.89. The van der Waals surface area contributed by atoms with E-state index in [4.69, 9.17) is 0 Å². The maximum Gasteiger partial charge on any atom is -0.0348 e. The summed E-state index contributed by atoms with van der Waals surface area (Å²) < 4.78 is 0. The third-order valence-electron chi connectivity index (χ3n) is 0.990.